The van der Waals surface area contributed by atoms with Crippen molar-refractivity contribution in [3.05, 3.63) is 10.0 Å². The summed E-state index contributed by atoms with van der Waals surface area (Å²) in [5.74, 6) is 1.46. The van der Waals surface area contributed by atoms with Gasteiger partial charge >= 0.3 is 0 Å². The Kier molecular flexibility index (Phi) is 6.39. The molecular weight excluding hydrogens is 270 g/mol. The van der Waals surface area contributed by atoms with Gasteiger partial charge in [0.05, 0.1) is 6.10 Å². The number of nitrogens with one attached hydrogen (secondary N) is 1. The largest absolute Gasteiger partial charge is 0.378 e. The molecule has 0 saturated heterocycles. The number of nitrogens with zero attached hydrogens (tertiary/aromatic N) is 2. The highest BCUT2D eigenvalue weighted by Crippen LogP contribution is 2.33. The maximum Gasteiger partial charge on any atom is 0.118 e. The van der Waals surface area contributed by atoms with Crippen LogP contribution in [0.4, 0.5) is 0 Å². The molecule has 1 heterocycles. The van der Waals surface area contributed by atoms with E-state index in [2.05, 4.69) is 36.3 Å². The summed E-state index contributed by atoms with van der Waals surface area (Å²) in [5.41, 5.74) is 0. The zero-order valence-electron chi connectivity index (χ0n) is 12.9. The second-order valence-electron chi connectivity index (χ2n) is 6.06. The number of aromatic nitrogens is 2. The normalized spacial score (nSPS) is 22.2. The van der Waals surface area contributed by atoms with Gasteiger partial charge in [0.1, 0.15) is 10.0 Å². The number of rotatable bonds is 9. The molecule has 1 aromatic heterocycles. The van der Waals surface area contributed by atoms with E-state index in [9.17, 15) is 0 Å². The molecule has 20 heavy (non-hydrogen) atoms. The van der Waals surface area contributed by atoms with Crippen LogP contribution in [0.15, 0.2) is 0 Å². The molecule has 1 aromatic rings. The highest BCUT2D eigenvalue weighted by Gasteiger charge is 2.30. The average Bonchev–Trinajstić information content (AvgIpc) is 2.80. The fourth-order valence-corrected chi connectivity index (χ4v) is 3.48. The number of hydrogen-bond donors (Lipinski definition) is 1. The lowest BCUT2D eigenvalue weighted by Gasteiger charge is -2.34. The van der Waals surface area contributed by atoms with Crippen molar-refractivity contribution >= 4 is 11.3 Å². The van der Waals surface area contributed by atoms with E-state index < -0.39 is 0 Å². The van der Waals surface area contributed by atoms with Crippen LogP contribution in [0, 0.1) is 11.8 Å². The monoisotopic (exact) mass is 297 g/mol. The van der Waals surface area contributed by atoms with Crippen LogP contribution < -0.4 is 5.32 Å². The highest BCUT2D eigenvalue weighted by molar-refractivity contribution is 7.11. The summed E-state index contributed by atoms with van der Waals surface area (Å²) < 4.78 is 5.59. The van der Waals surface area contributed by atoms with Crippen LogP contribution in [0.3, 0.4) is 0 Å². The van der Waals surface area contributed by atoms with Crippen molar-refractivity contribution < 1.29 is 4.74 Å². The SMILES string of the molecule is CCOC1CC(Cc2nnc(CCNCC(C)C)s2)C1. The first-order valence-corrected chi connectivity index (χ1v) is 8.62. The quantitative estimate of drug-likeness (QED) is 0.712. The molecule has 0 unspecified atom stereocenters. The van der Waals surface area contributed by atoms with E-state index in [1.54, 1.807) is 11.3 Å². The molecule has 1 fully saturated rings. The Morgan fingerprint density at radius 1 is 1.30 bits per heavy atom. The molecule has 114 valence electrons. The first-order chi connectivity index (χ1) is 9.67. The van der Waals surface area contributed by atoms with Gasteiger partial charge in [-0.15, -0.1) is 21.5 Å². The zero-order chi connectivity index (χ0) is 14.4. The Bertz CT molecular complexity index is 388. The minimum atomic E-state index is 0.498. The van der Waals surface area contributed by atoms with Gasteiger partial charge in [-0.2, -0.15) is 0 Å². The average molecular weight is 297 g/mol. The Hall–Kier alpha value is -0.520. The van der Waals surface area contributed by atoms with E-state index in [0.717, 1.165) is 43.5 Å². The van der Waals surface area contributed by atoms with Crippen molar-refractivity contribution in [2.75, 3.05) is 19.7 Å². The van der Waals surface area contributed by atoms with Crippen LogP contribution in [-0.2, 0) is 17.6 Å². The van der Waals surface area contributed by atoms with E-state index in [-0.39, 0.29) is 0 Å². The van der Waals surface area contributed by atoms with Gasteiger partial charge in [0.15, 0.2) is 0 Å². The summed E-state index contributed by atoms with van der Waals surface area (Å²) in [7, 11) is 0. The molecule has 0 bridgehead atoms. The smallest absolute Gasteiger partial charge is 0.118 e. The summed E-state index contributed by atoms with van der Waals surface area (Å²) >= 11 is 1.78. The van der Waals surface area contributed by atoms with Crippen molar-refractivity contribution in [3.8, 4) is 0 Å². The van der Waals surface area contributed by atoms with Crippen LogP contribution in [-0.4, -0.2) is 36.0 Å². The van der Waals surface area contributed by atoms with Gasteiger partial charge < -0.3 is 10.1 Å². The minimum Gasteiger partial charge on any atom is -0.378 e. The summed E-state index contributed by atoms with van der Waals surface area (Å²) in [6.45, 7) is 9.44. The molecule has 0 aromatic carbocycles. The van der Waals surface area contributed by atoms with Crippen LogP contribution >= 0.6 is 11.3 Å². The first-order valence-electron chi connectivity index (χ1n) is 7.81. The molecule has 0 atom stereocenters. The third kappa shape index (κ3) is 5.11. The highest BCUT2D eigenvalue weighted by atomic mass is 32.1. The van der Waals surface area contributed by atoms with Crippen molar-refractivity contribution in [1.82, 2.24) is 15.5 Å². The Morgan fingerprint density at radius 2 is 2.05 bits per heavy atom. The second kappa shape index (κ2) is 8.05. The Balaban J connectivity index is 1.63. The van der Waals surface area contributed by atoms with E-state index in [0.29, 0.717) is 12.0 Å². The number of hydrogen-bond acceptors (Lipinski definition) is 5. The first kappa shape index (κ1) is 15.9. The van der Waals surface area contributed by atoms with Crippen LogP contribution in [0.5, 0.6) is 0 Å². The summed E-state index contributed by atoms with van der Waals surface area (Å²) in [5, 5.41) is 14.4. The van der Waals surface area contributed by atoms with E-state index in [1.807, 2.05) is 0 Å². The molecule has 5 heteroatoms. The minimum absolute atomic E-state index is 0.498. The molecule has 0 spiro atoms. The van der Waals surface area contributed by atoms with E-state index in [4.69, 9.17) is 4.74 Å². The lowest BCUT2D eigenvalue weighted by Crippen LogP contribution is -2.32. The number of ether oxygens (including phenoxy) is 1. The zero-order valence-corrected chi connectivity index (χ0v) is 13.7. The molecule has 1 N–H and O–H groups in total. The molecule has 1 saturated carbocycles. The predicted molar refractivity (Wildman–Crippen MR) is 83.2 cm³/mol. The third-order valence-electron chi connectivity index (χ3n) is 3.64. The molecule has 1 aliphatic carbocycles. The second-order valence-corrected chi connectivity index (χ2v) is 7.20. The van der Waals surface area contributed by atoms with Gasteiger partial charge in [0.2, 0.25) is 0 Å². The molecule has 4 nitrogen and oxygen atoms in total. The van der Waals surface area contributed by atoms with E-state index in [1.165, 1.54) is 17.8 Å². The Labute approximate surface area is 126 Å². The molecule has 0 radical (unpaired) electrons. The van der Waals surface area contributed by atoms with Crippen LogP contribution in [0.1, 0.15) is 43.6 Å². The van der Waals surface area contributed by atoms with Gasteiger partial charge in [0.25, 0.3) is 0 Å². The lowest BCUT2D eigenvalue weighted by molar-refractivity contribution is -0.0240. The maximum absolute atomic E-state index is 5.59. The maximum atomic E-state index is 5.59. The van der Waals surface area contributed by atoms with Gasteiger partial charge in [0, 0.05) is 26.0 Å². The third-order valence-corrected chi connectivity index (χ3v) is 4.64. The standard InChI is InChI=1S/C15H27N3OS/c1-4-19-13-7-12(8-13)9-15-18-17-14(20-15)5-6-16-10-11(2)3/h11-13,16H,4-10H2,1-3H3. The van der Waals surface area contributed by atoms with E-state index >= 15 is 0 Å². The molecular formula is C15H27N3OS. The van der Waals surface area contributed by atoms with Gasteiger partial charge in [-0.25, -0.2) is 0 Å². The topological polar surface area (TPSA) is 47.0 Å². The summed E-state index contributed by atoms with van der Waals surface area (Å²) in [4.78, 5) is 0. The molecule has 2 rings (SSSR count). The molecule has 0 amide bonds. The van der Waals surface area contributed by atoms with Crippen molar-refractivity contribution in [1.29, 1.82) is 0 Å². The van der Waals surface area contributed by atoms with Crippen LogP contribution in [0.25, 0.3) is 0 Å². The molecule has 1 aliphatic rings. The van der Waals surface area contributed by atoms with Crippen LogP contribution in [0.2, 0.25) is 0 Å². The predicted octanol–water partition coefficient (Wildman–Crippen LogP) is 2.68. The van der Waals surface area contributed by atoms with Crippen molar-refractivity contribution in [3.63, 3.8) is 0 Å². The van der Waals surface area contributed by atoms with Gasteiger partial charge in [-0.05, 0) is 38.1 Å². The van der Waals surface area contributed by atoms with Crippen molar-refractivity contribution in [2.24, 2.45) is 11.8 Å². The Morgan fingerprint density at radius 3 is 2.75 bits per heavy atom. The fourth-order valence-electron chi connectivity index (χ4n) is 2.52. The summed E-state index contributed by atoms with van der Waals surface area (Å²) in [6.07, 6.45) is 4.96. The fraction of sp³-hybridized carbons (Fsp3) is 0.867. The summed E-state index contributed by atoms with van der Waals surface area (Å²) in [6, 6.07) is 0. The lowest BCUT2D eigenvalue weighted by atomic mass is 9.80. The molecule has 0 aliphatic heterocycles. The van der Waals surface area contributed by atoms with Gasteiger partial charge in [-0.3, -0.25) is 0 Å². The van der Waals surface area contributed by atoms with Gasteiger partial charge in [-0.1, -0.05) is 13.8 Å². The van der Waals surface area contributed by atoms with Crippen molar-refractivity contribution in [2.45, 2.75) is 52.6 Å².